The Hall–Kier alpha value is -4.66. The van der Waals surface area contributed by atoms with Crippen molar-refractivity contribution in [1.29, 1.82) is 0 Å². The molecule has 8 nitrogen and oxygen atoms in total. The fraction of sp³-hybridized carbons (Fsp3) is 0.281. The van der Waals surface area contributed by atoms with Crippen LogP contribution in [0, 0.1) is 0 Å². The van der Waals surface area contributed by atoms with Gasteiger partial charge in [0.1, 0.15) is 13.3 Å². The molecular formula is C32H33FN4O4. The highest BCUT2D eigenvalue weighted by molar-refractivity contribution is 6.06. The summed E-state index contributed by atoms with van der Waals surface area (Å²) in [6, 6.07) is 21.3. The molecule has 3 aromatic rings. The molecule has 5 rings (SSSR count). The van der Waals surface area contributed by atoms with Gasteiger partial charge in [0, 0.05) is 55.1 Å². The average Bonchev–Trinajstić information content (AvgIpc) is 3.02. The third-order valence-electron chi connectivity index (χ3n) is 7.23. The van der Waals surface area contributed by atoms with Gasteiger partial charge < -0.3 is 25.2 Å². The van der Waals surface area contributed by atoms with Crippen molar-refractivity contribution >= 4 is 39.9 Å². The van der Waals surface area contributed by atoms with Crippen molar-refractivity contribution in [3.05, 3.63) is 95.8 Å². The topological polar surface area (TPSA) is 91.0 Å². The number of nitrogens with one attached hydrogen (secondary N) is 2. The van der Waals surface area contributed by atoms with Crippen molar-refractivity contribution in [3.63, 3.8) is 0 Å². The summed E-state index contributed by atoms with van der Waals surface area (Å²) in [5.41, 5.74) is 2.75. The highest BCUT2D eigenvalue weighted by Gasteiger charge is 2.22. The SMILES string of the molecule is O=C(NCC(=O)N1CCN(c2ccc(NC(=O)c3ccc4ccccc4c3)cc2)CC1)C1=CCCC(OCCF)=C1. The zero-order valence-electron chi connectivity index (χ0n) is 22.8. The number of carbonyl (C=O) groups excluding carboxylic acids is 3. The number of amides is 3. The summed E-state index contributed by atoms with van der Waals surface area (Å²) in [6.45, 7) is 1.70. The van der Waals surface area contributed by atoms with Crippen molar-refractivity contribution in [2.75, 3.05) is 56.2 Å². The zero-order chi connectivity index (χ0) is 28.6. The maximum atomic E-state index is 12.8. The van der Waals surface area contributed by atoms with Gasteiger partial charge in [0.15, 0.2) is 0 Å². The molecule has 2 N–H and O–H groups in total. The molecule has 9 heteroatoms. The molecule has 0 atom stereocenters. The molecule has 1 aliphatic heterocycles. The lowest BCUT2D eigenvalue weighted by molar-refractivity contribution is -0.132. The molecule has 3 amide bonds. The Bertz CT molecular complexity index is 1480. The maximum Gasteiger partial charge on any atom is 0.255 e. The first-order chi connectivity index (χ1) is 20.0. The van der Waals surface area contributed by atoms with Gasteiger partial charge in [0.25, 0.3) is 11.8 Å². The summed E-state index contributed by atoms with van der Waals surface area (Å²) < 4.78 is 17.7. The molecule has 0 unspecified atom stereocenters. The Balaban J connectivity index is 1.07. The summed E-state index contributed by atoms with van der Waals surface area (Å²) >= 11 is 0. The van der Waals surface area contributed by atoms with Crippen LogP contribution in [0.5, 0.6) is 0 Å². The number of benzene rings is 3. The van der Waals surface area contributed by atoms with Crippen LogP contribution in [-0.2, 0) is 14.3 Å². The first-order valence-electron chi connectivity index (χ1n) is 13.8. The van der Waals surface area contributed by atoms with E-state index < -0.39 is 6.67 Å². The third-order valence-corrected chi connectivity index (χ3v) is 7.23. The number of carbonyl (C=O) groups is 3. The lowest BCUT2D eigenvalue weighted by Crippen LogP contribution is -2.51. The number of anilines is 2. The van der Waals surface area contributed by atoms with Crippen molar-refractivity contribution < 1.29 is 23.5 Å². The summed E-state index contributed by atoms with van der Waals surface area (Å²) in [7, 11) is 0. The molecule has 0 saturated carbocycles. The van der Waals surface area contributed by atoms with Crippen LogP contribution < -0.4 is 15.5 Å². The first kappa shape index (κ1) is 27.9. The number of hydrogen-bond donors (Lipinski definition) is 2. The average molecular weight is 557 g/mol. The van der Waals surface area contributed by atoms with Gasteiger partial charge in [-0.3, -0.25) is 14.4 Å². The number of allylic oxidation sites excluding steroid dienone is 2. The lowest BCUT2D eigenvalue weighted by atomic mass is 10.0. The summed E-state index contributed by atoms with van der Waals surface area (Å²) in [5.74, 6) is -0.0629. The predicted molar refractivity (Wildman–Crippen MR) is 157 cm³/mol. The van der Waals surface area contributed by atoms with E-state index in [1.54, 1.807) is 17.1 Å². The number of halogens is 1. The van der Waals surface area contributed by atoms with E-state index in [9.17, 15) is 18.8 Å². The van der Waals surface area contributed by atoms with E-state index in [0.717, 1.165) is 16.5 Å². The molecule has 1 saturated heterocycles. The van der Waals surface area contributed by atoms with Gasteiger partial charge in [-0.25, -0.2) is 4.39 Å². The van der Waals surface area contributed by atoms with E-state index in [0.29, 0.717) is 61.6 Å². The van der Waals surface area contributed by atoms with Crippen molar-refractivity contribution in [1.82, 2.24) is 10.2 Å². The van der Waals surface area contributed by atoms with Crippen LogP contribution >= 0.6 is 0 Å². The monoisotopic (exact) mass is 556 g/mol. The van der Waals surface area contributed by atoms with Gasteiger partial charge in [-0.1, -0.05) is 36.4 Å². The van der Waals surface area contributed by atoms with Gasteiger partial charge >= 0.3 is 0 Å². The van der Waals surface area contributed by atoms with Crippen molar-refractivity contribution in [3.8, 4) is 0 Å². The molecule has 1 aliphatic carbocycles. The van der Waals surface area contributed by atoms with E-state index in [2.05, 4.69) is 15.5 Å². The van der Waals surface area contributed by atoms with E-state index in [4.69, 9.17) is 4.74 Å². The van der Waals surface area contributed by atoms with E-state index in [1.165, 1.54) is 0 Å². The second-order valence-electron chi connectivity index (χ2n) is 9.96. The van der Waals surface area contributed by atoms with Crippen LogP contribution in [0.25, 0.3) is 10.8 Å². The smallest absolute Gasteiger partial charge is 0.255 e. The minimum absolute atomic E-state index is 0.0298. The summed E-state index contributed by atoms with van der Waals surface area (Å²) in [5, 5.41) is 7.76. The van der Waals surface area contributed by atoms with Crippen molar-refractivity contribution in [2.45, 2.75) is 12.8 Å². The number of piperazine rings is 1. The Morgan fingerprint density at radius 2 is 1.63 bits per heavy atom. The fourth-order valence-corrected chi connectivity index (χ4v) is 4.99. The van der Waals surface area contributed by atoms with Crippen LogP contribution in [0.2, 0.25) is 0 Å². The van der Waals surface area contributed by atoms with Crippen LogP contribution in [0.4, 0.5) is 15.8 Å². The molecule has 2 aliphatic rings. The Labute approximate surface area is 238 Å². The summed E-state index contributed by atoms with van der Waals surface area (Å²) in [4.78, 5) is 41.9. The maximum absolute atomic E-state index is 12.8. The molecule has 41 heavy (non-hydrogen) atoms. The standard InChI is InChI=1S/C32H33FN4O4/c33-14-19-41-29-7-3-6-25(21-29)31(39)34-22-30(38)37-17-15-36(16-18-37)28-12-10-27(11-13-28)35-32(40)26-9-8-23-4-1-2-5-24(23)20-26/h1-2,4-6,8-13,20-21H,3,7,14-19,22H2,(H,34,39)(H,35,40). The first-order valence-corrected chi connectivity index (χ1v) is 13.8. The van der Waals surface area contributed by atoms with Gasteiger partial charge in [0.2, 0.25) is 5.91 Å². The minimum Gasteiger partial charge on any atom is -0.495 e. The van der Waals surface area contributed by atoms with E-state index >= 15 is 0 Å². The Morgan fingerprint density at radius 3 is 2.39 bits per heavy atom. The molecular weight excluding hydrogens is 523 g/mol. The molecule has 1 fully saturated rings. The molecule has 0 radical (unpaired) electrons. The largest absolute Gasteiger partial charge is 0.495 e. The van der Waals surface area contributed by atoms with E-state index in [1.807, 2.05) is 66.7 Å². The molecule has 212 valence electrons. The summed E-state index contributed by atoms with van der Waals surface area (Å²) in [6.07, 6.45) is 4.66. The van der Waals surface area contributed by atoms with Gasteiger partial charge in [-0.15, -0.1) is 0 Å². The molecule has 0 aromatic heterocycles. The number of nitrogens with zero attached hydrogens (tertiary/aromatic N) is 2. The number of fused-ring (bicyclic) bond motifs is 1. The number of ether oxygens (including phenoxy) is 1. The lowest BCUT2D eigenvalue weighted by Gasteiger charge is -2.36. The van der Waals surface area contributed by atoms with Crippen molar-refractivity contribution in [2.24, 2.45) is 0 Å². The van der Waals surface area contributed by atoms with Gasteiger partial charge in [0.05, 0.1) is 12.3 Å². The quantitative estimate of drug-likeness (QED) is 0.407. The van der Waals surface area contributed by atoms with Crippen LogP contribution in [0.15, 0.2) is 90.2 Å². The Morgan fingerprint density at radius 1 is 0.878 bits per heavy atom. The minimum atomic E-state index is -0.583. The number of hydrogen-bond acceptors (Lipinski definition) is 5. The number of rotatable bonds is 9. The van der Waals surface area contributed by atoms with Crippen LogP contribution in [0.1, 0.15) is 23.2 Å². The predicted octanol–water partition coefficient (Wildman–Crippen LogP) is 4.45. The molecule has 0 bridgehead atoms. The van der Waals surface area contributed by atoms with Crippen LogP contribution in [-0.4, -0.2) is 68.6 Å². The highest BCUT2D eigenvalue weighted by Crippen LogP contribution is 2.22. The Kier molecular flexibility index (Phi) is 8.93. The second kappa shape index (κ2) is 13.1. The molecule has 0 spiro atoms. The molecule has 3 aromatic carbocycles. The zero-order valence-corrected chi connectivity index (χ0v) is 22.8. The van der Waals surface area contributed by atoms with Gasteiger partial charge in [-0.05, 0) is 59.7 Å². The number of alkyl halides is 1. The normalized spacial score (nSPS) is 15.1. The second-order valence-corrected chi connectivity index (χ2v) is 9.96. The molecule has 1 heterocycles. The third kappa shape index (κ3) is 7.11. The van der Waals surface area contributed by atoms with Crippen LogP contribution in [0.3, 0.4) is 0 Å². The highest BCUT2D eigenvalue weighted by atomic mass is 19.1. The fourth-order valence-electron chi connectivity index (χ4n) is 4.99. The van der Waals surface area contributed by atoms with Gasteiger partial charge in [-0.2, -0.15) is 0 Å². The van der Waals surface area contributed by atoms with E-state index in [-0.39, 0.29) is 30.9 Å².